The van der Waals surface area contributed by atoms with Crippen LogP contribution in [0.4, 0.5) is 5.82 Å². The van der Waals surface area contributed by atoms with Gasteiger partial charge in [0.25, 0.3) is 5.78 Å². The number of aromatic nitrogens is 4. The highest BCUT2D eigenvalue weighted by atomic mass is 35.5. The third-order valence-corrected chi connectivity index (χ3v) is 4.01. The maximum atomic E-state index is 9.66. The fourth-order valence-corrected chi connectivity index (χ4v) is 2.15. The van der Waals surface area contributed by atoms with Crippen LogP contribution in [0.25, 0.3) is 5.78 Å². The van der Waals surface area contributed by atoms with E-state index >= 15 is 0 Å². The first-order valence-corrected chi connectivity index (χ1v) is 6.69. The first-order valence-electron chi connectivity index (χ1n) is 6.31. The van der Waals surface area contributed by atoms with Gasteiger partial charge in [-0.3, -0.25) is 0 Å². The molecule has 0 aliphatic heterocycles. The Morgan fingerprint density at radius 1 is 1.42 bits per heavy atom. The average Bonchev–Trinajstić information content (AvgIpc) is 2.88. The van der Waals surface area contributed by atoms with E-state index in [0.29, 0.717) is 10.9 Å². The zero-order valence-corrected chi connectivity index (χ0v) is 12.1. The summed E-state index contributed by atoms with van der Waals surface area (Å²) in [6.45, 7) is 5.97. The molecule has 2 heterocycles. The summed E-state index contributed by atoms with van der Waals surface area (Å²) in [6.07, 6.45) is 3.01. The zero-order valence-electron chi connectivity index (χ0n) is 11.3. The van der Waals surface area contributed by atoms with Crippen LogP contribution >= 0.6 is 11.6 Å². The Morgan fingerprint density at radius 2 is 2.11 bits per heavy atom. The summed E-state index contributed by atoms with van der Waals surface area (Å²) in [5.74, 6) is 1.17. The number of nitrogens with one attached hydrogen (secondary N) is 1. The third kappa shape index (κ3) is 2.37. The smallest absolute Gasteiger partial charge is 0.255 e. The Morgan fingerprint density at radius 3 is 2.68 bits per heavy atom. The second-order valence-corrected chi connectivity index (χ2v) is 4.98. The third-order valence-electron chi connectivity index (χ3n) is 3.64. The molecule has 0 aliphatic rings. The minimum Gasteiger partial charge on any atom is -0.394 e. The molecule has 0 fully saturated rings. The highest BCUT2D eigenvalue weighted by molar-refractivity contribution is 6.30. The summed E-state index contributed by atoms with van der Waals surface area (Å²) in [5, 5.41) is 17.6. The molecule has 104 valence electrons. The molecule has 2 aromatic heterocycles. The number of aliphatic hydroxyl groups is 1. The summed E-state index contributed by atoms with van der Waals surface area (Å²) in [6, 6.07) is 0. The van der Waals surface area contributed by atoms with Gasteiger partial charge >= 0.3 is 0 Å². The van der Waals surface area contributed by atoms with Gasteiger partial charge in [0.05, 0.1) is 12.1 Å². The van der Waals surface area contributed by atoms with E-state index in [2.05, 4.69) is 20.4 Å². The molecule has 0 atom stereocenters. The van der Waals surface area contributed by atoms with Crippen LogP contribution in [0.3, 0.4) is 0 Å². The van der Waals surface area contributed by atoms with Crippen molar-refractivity contribution in [3.8, 4) is 0 Å². The molecule has 7 heteroatoms. The van der Waals surface area contributed by atoms with Gasteiger partial charge in [-0.05, 0) is 19.8 Å². The van der Waals surface area contributed by atoms with E-state index < -0.39 is 5.54 Å². The molecule has 6 nitrogen and oxygen atoms in total. The van der Waals surface area contributed by atoms with Crippen molar-refractivity contribution in [3.05, 3.63) is 17.0 Å². The van der Waals surface area contributed by atoms with Crippen molar-refractivity contribution in [2.45, 2.75) is 39.2 Å². The Hall–Kier alpha value is -1.40. The fourth-order valence-electron chi connectivity index (χ4n) is 1.99. The molecule has 0 unspecified atom stereocenters. The summed E-state index contributed by atoms with van der Waals surface area (Å²) >= 11 is 6.11. The number of aliphatic hydroxyl groups excluding tert-OH is 1. The Bertz CT molecular complexity index is 570. The van der Waals surface area contributed by atoms with E-state index in [9.17, 15) is 5.11 Å². The number of halogens is 1. The van der Waals surface area contributed by atoms with Crippen LogP contribution in [-0.4, -0.2) is 36.8 Å². The average molecular weight is 284 g/mol. The normalized spacial score (nSPS) is 12.1. The number of rotatable bonds is 5. The monoisotopic (exact) mass is 283 g/mol. The SMILES string of the molecule is CCC(CC)(CO)Nc1c(C)c(Cl)nc2ncnn12. The molecule has 2 aromatic rings. The highest BCUT2D eigenvalue weighted by Crippen LogP contribution is 2.27. The lowest BCUT2D eigenvalue weighted by Gasteiger charge is -2.32. The lowest BCUT2D eigenvalue weighted by atomic mass is 9.94. The molecule has 0 amide bonds. The van der Waals surface area contributed by atoms with E-state index in [4.69, 9.17) is 11.6 Å². The van der Waals surface area contributed by atoms with Crippen molar-refractivity contribution in [1.29, 1.82) is 0 Å². The highest BCUT2D eigenvalue weighted by Gasteiger charge is 2.27. The molecule has 0 saturated carbocycles. The Kier molecular flexibility index (Phi) is 3.91. The van der Waals surface area contributed by atoms with Gasteiger partial charge in [-0.2, -0.15) is 19.6 Å². The first-order chi connectivity index (χ1) is 9.06. The molecule has 2 N–H and O–H groups in total. The topological polar surface area (TPSA) is 75.3 Å². The van der Waals surface area contributed by atoms with Gasteiger partial charge in [0, 0.05) is 5.56 Å². The van der Waals surface area contributed by atoms with Crippen LogP contribution in [0.1, 0.15) is 32.3 Å². The number of nitrogens with zero attached hydrogens (tertiary/aromatic N) is 4. The lowest BCUT2D eigenvalue weighted by Crippen LogP contribution is -2.41. The summed E-state index contributed by atoms with van der Waals surface area (Å²) in [5.41, 5.74) is 0.397. The van der Waals surface area contributed by atoms with Crippen LogP contribution in [0.5, 0.6) is 0 Å². The number of hydrogen-bond acceptors (Lipinski definition) is 5. The molecule has 0 saturated heterocycles. The quantitative estimate of drug-likeness (QED) is 0.822. The number of hydrogen-bond donors (Lipinski definition) is 2. The van der Waals surface area contributed by atoms with Crippen molar-refractivity contribution in [2.75, 3.05) is 11.9 Å². The van der Waals surface area contributed by atoms with Crippen molar-refractivity contribution in [1.82, 2.24) is 19.6 Å². The summed E-state index contributed by atoms with van der Waals surface area (Å²) in [7, 11) is 0. The van der Waals surface area contributed by atoms with E-state index in [0.717, 1.165) is 24.2 Å². The molecule has 0 spiro atoms. The maximum Gasteiger partial charge on any atom is 0.255 e. The molecule has 0 bridgehead atoms. The van der Waals surface area contributed by atoms with Crippen molar-refractivity contribution >= 4 is 23.2 Å². The molecule has 0 aliphatic carbocycles. The van der Waals surface area contributed by atoms with Gasteiger partial charge in [0.15, 0.2) is 0 Å². The van der Waals surface area contributed by atoms with E-state index in [1.165, 1.54) is 6.33 Å². The Labute approximate surface area is 116 Å². The second kappa shape index (κ2) is 5.30. The van der Waals surface area contributed by atoms with Gasteiger partial charge < -0.3 is 10.4 Å². The lowest BCUT2D eigenvalue weighted by molar-refractivity contribution is 0.202. The van der Waals surface area contributed by atoms with Crippen molar-refractivity contribution in [3.63, 3.8) is 0 Å². The number of fused-ring (bicyclic) bond motifs is 1. The molecule has 0 aromatic carbocycles. The van der Waals surface area contributed by atoms with E-state index in [-0.39, 0.29) is 6.61 Å². The van der Waals surface area contributed by atoms with Crippen molar-refractivity contribution in [2.24, 2.45) is 0 Å². The van der Waals surface area contributed by atoms with Gasteiger partial charge in [-0.1, -0.05) is 25.4 Å². The summed E-state index contributed by atoms with van der Waals surface area (Å²) < 4.78 is 1.61. The predicted molar refractivity (Wildman–Crippen MR) is 74.6 cm³/mol. The number of anilines is 1. The van der Waals surface area contributed by atoms with Crippen LogP contribution < -0.4 is 5.32 Å². The van der Waals surface area contributed by atoms with Crippen LogP contribution in [0, 0.1) is 6.92 Å². The standard InChI is InChI=1S/C12H18ClN5O/c1-4-12(5-2,6-19)17-10-8(3)9(13)16-11-14-7-15-18(10)11/h7,17,19H,4-6H2,1-3H3. The fraction of sp³-hybridized carbons (Fsp3) is 0.583. The Balaban J connectivity index is 2.55. The van der Waals surface area contributed by atoms with Gasteiger partial charge in [0.1, 0.15) is 17.3 Å². The largest absolute Gasteiger partial charge is 0.394 e. The van der Waals surface area contributed by atoms with Gasteiger partial charge in [-0.15, -0.1) is 0 Å². The van der Waals surface area contributed by atoms with E-state index in [1.54, 1.807) is 4.52 Å². The summed E-state index contributed by atoms with van der Waals surface area (Å²) in [4.78, 5) is 8.20. The van der Waals surface area contributed by atoms with Gasteiger partial charge in [0.2, 0.25) is 0 Å². The van der Waals surface area contributed by atoms with Crippen LogP contribution in [0.15, 0.2) is 6.33 Å². The minimum absolute atomic E-state index is 0.0373. The first kappa shape index (κ1) is 14.0. The molecule has 2 rings (SSSR count). The van der Waals surface area contributed by atoms with Crippen molar-refractivity contribution < 1.29 is 5.11 Å². The van der Waals surface area contributed by atoms with Crippen LogP contribution in [-0.2, 0) is 0 Å². The van der Waals surface area contributed by atoms with E-state index in [1.807, 2.05) is 20.8 Å². The minimum atomic E-state index is -0.395. The molecular formula is C12H18ClN5O. The molecule has 19 heavy (non-hydrogen) atoms. The van der Waals surface area contributed by atoms with Crippen LogP contribution in [0.2, 0.25) is 5.15 Å². The predicted octanol–water partition coefficient (Wildman–Crippen LogP) is 2.05. The molecular weight excluding hydrogens is 266 g/mol. The zero-order chi connectivity index (χ0) is 14.0. The molecule has 0 radical (unpaired) electrons. The maximum absolute atomic E-state index is 9.66. The second-order valence-electron chi connectivity index (χ2n) is 4.62. The van der Waals surface area contributed by atoms with Gasteiger partial charge in [-0.25, -0.2) is 0 Å².